The normalized spacial score (nSPS) is 46.3. The molecule has 14 nitrogen and oxygen atoms in total. The summed E-state index contributed by atoms with van der Waals surface area (Å²) >= 11 is 0. The molecule has 3 fully saturated rings. The highest BCUT2D eigenvalue weighted by Gasteiger charge is 2.74. The minimum Gasteiger partial charge on any atom is -0.459 e. The zero-order valence-corrected chi connectivity index (χ0v) is 30.5. The first-order valence-electron chi connectivity index (χ1n) is 17.8. The van der Waals surface area contributed by atoms with Crippen LogP contribution >= 0.6 is 0 Å². The quantitative estimate of drug-likeness (QED) is 0.169. The summed E-state index contributed by atoms with van der Waals surface area (Å²) in [5.41, 5.74) is -6.26. The average molecular weight is 719 g/mol. The second-order valence-corrected chi connectivity index (χ2v) is 17.6. The molecule has 0 spiro atoms. The molecular formula is C37H54N2O12. The molecule has 2 heterocycles. The molecule has 9 N–H and O–H groups in total. The minimum atomic E-state index is -1.82. The van der Waals surface area contributed by atoms with E-state index in [2.05, 4.69) is 10.6 Å². The highest BCUT2D eigenvalue weighted by Crippen LogP contribution is 2.74. The Labute approximate surface area is 297 Å². The Balaban J connectivity index is 1.39. The van der Waals surface area contributed by atoms with Crippen molar-refractivity contribution < 1.29 is 59.6 Å². The number of hydrogen-bond donors (Lipinski definition) is 9. The standard InChI is InChI=1S/C37H54N2O12/c1-32(2)16-9-10-21-34(5)13-18(41)28(37(8,49)23-12-22(33(3,4)48)38-31(47)39-23)35(34,6)14-24(42)36(21,7)17(16)11-19(29(32)46)50-30-27(45)26(44)25(43)20(15-40)51-30/h9,11-12,17-18,20-22,25-28,30,40-41,43-45,48-49H,10,13-15H2,1-8H3,(H2,38,39,47)/t17-,18-,20-,21+,22-,25-,26+,27-,28+,30-,34+,35-,36+,37+/m1/s1. The molecule has 6 rings (SSSR count). The van der Waals surface area contributed by atoms with Crippen molar-refractivity contribution in [2.75, 3.05) is 6.61 Å². The van der Waals surface area contributed by atoms with Crippen LogP contribution in [0, 0.1) is 39.4 Å². The maximum absolute atomic E-state index is 14.9. The smallest absolute Gasteiger partial charge is 0.319 e. The Kier molecular flexibility index (Phi) is 8.88. The largest absolute Gasteiger partial charge is 0.459 e. The fourth-order valence-electron chi connectivity index (χ4n) is 10.7. The summed E-state index contributed by atoms with van der Waals surface area (Å²) in [7, 11) is 0. The van der Waals surface area contributed by atoms with Crippen molar-refractivity contribution in [2.24, 2.45) is 39.4 Å². The van der Waals surface area contributed by atoms with Gasteiger partial charge in [0.25, 0.3) is 0 Å². The zero-order chi connectivity index (χ0) is 38.0. The van der Waals surface area contributed by atoms with E-state index < -0.39 is 106 Å². The summed E-state index contributed by atoms with van der Waals surface area (Å²) in [5, 5.41) is 81.2. The van der Waals surface area contributed by atoms with Crippen molar-refractivity contribution >= 4 is 17.6 Å². The number of aliphatic hydroxyl groups is 7. The van der Waals surface area contributed by atoms with Crippen LogP contribution in [0.2, 0.25) is 0 Å². The SMILES string of the molecule is CC1(C)C(=O)C(O[C@@H]2O[C@H](CO)[C@@H](O)[C@H](O)[C@H]2O)=C[C@@H]2C1=CC[C@@H]1[C@@]2(C)C(=O)C[C@]2(C)[C@@H]([C@@](C)(O)C3=C[C@H](C(C)(C)O)NC(=O)N3)[C@H](O)C[C@@]12C. The number of urea groups is 1. The molecule has 6 aliphatic rings. The highest BCUT2D eigenvalue weighted by atomic mass is 16.7. The molecule has 4 aliphatic carbocycles. The summed E-state index contributed by atoms with van der Waals surface area (Å²) < 4.78 is 11.5. The predicted molar refractivity (Wildman–Crippen MR) is 180 cm³/mol. The molecule has 0 unspecified atom stereocenters. The van der Waals surface area contributed by atoms with Gasteiger partial charge < -0.3 is 55.9 Å². The number of ether oxygens (including phenoxy) is 2. The number of hydrogen-bond acceptors (Lipinski definition) is 12. The second-order valence-electron chi connectivity index (χ2n) is 17.6. The lowest BCUT2D eigenvalue weighted by atomic mass is 9.39. The number of allylic oxidation sites excluding steroid dienone is 4. The number of rotatable bonds is 6. The lowest BCUT2D eigenvalue weighted by molar-refractivity contribution is -0.291. The number of carbonyl (C=O) groups excluding carboxylic acids is 3. The Morgan fingerprint density at radius 2 is 1.59 bits per heavy atom. The van der Waals surface area contributed by atoms with Gasteiger partial charge in [-0.2, -0.15) is 0 Å². The van der Waals surface area contributed by atoms with Gasteiger partial charge in [0.2, 0.25) is 12.1 Å². The maximum atomic E-state index is 14.9. The first kappa shape index (κ1) is 38.0. The third-order valence-corrected chi connectivity index (χ3v) is 13.9. The molecule has 0 aromatic carbocycles. The summed E-state index contributed by atoms with van der Waals surface area (Å²) in [6.45, 7) is 13.2. The first-order chi connectivity index (χ1) is 23.4. The number of ketones is 2. The fourth-order valence-corrected chi connectivity index (χ4v) is 10.7. The molecule has 284 valence electrons. The molecule has 51 heavy (non-hydrogen) atoms. The minimum absolute atomic E-state index is 0.0301. The van der Waals surface area contributed by atoms with E-state index in [1.165, 1.54) is 20.8 Å². The third-order valence-electron chi connectivity index (χ3n) is 13.9. The molecule has 0 radical (unpaired) electrons. The molecule has 2 saturated carbocycles. The molecule has 0 bridgehead atoms. The van der Waals surface area contributed by atoms with Crippen LogP contribution in [0.25, 0.3) is 0 Å². The molecular weight excluding hydrogens is 664 g/mol. The monoisotopic (exact) mass is 718 g/mol. The number of fused-ring (bicyclic) bond motifs is 5. The molecule has 2 amide bonds. The number of amides is 2. The Bertz CT molecular complexity index is 1590. The Morgan fingerprint density at radius 3 is 2.20 bits per heavy atom. The molecule has 14 atom stereocenters. The van der Waals surface area contributed by atoms with E-state index in [-0.39, 0.29) is 36.0 Å². The van der Waals surface area contributed by atoms with Crippen molar-refractivity contribution in [3.63, 3.8) is 0 Å². The van der Waals surface area contributed by atoms with Gasteiger partial charge in [0.1, 0.15) is 35.8 Å². The molecule has 1 saturated heterocycles. The zero-order valence-electron chi connectivity index (χ0n) is 30.5. The fraction of sp³-hybridized carbons (Fsp3) is 0.757. The number of carbonyl (C=O) groups is 3. The van der Waals surface area contributed by atoms with Crippen LogP contribution in [-0.2, 0) is 19.1 Å². The van der Waals surface area contributed by atoms with Gasteiger partial charge in [0.05, 0.1) is 29.8 Å². The number of nitrogens with one attached hydrogen (secondary N) is 2. The van der Waals surface area contributed by atoms with Crippen molar-refractivity contribution in [2.45, 2.75) is 129 Å². The van der Waals surface area contributed by atoms with Gasteiger partial charge >= 0.3 is 6.03 Å². The summed E-state index contributed by atoms with van der Waals surface area (Å²) in [5.74, 6) is -2.67. The van der Waals surface area contributed by atoms with Crippen LogP contribution < -0.4 is 10.6 Å². The van der Waals surface area contributed by atoms with Crippen LogP contribution in [0.3, 0.4) is 0 Å². The van der Waals surface area contributed by atoms with E-state index in [4.69, 9.17) is 9.47 Å². The van der Waals surface area contributed by atoms with Gasteiger partial charge in [-0.05, 0) is 76.4 Å². The van der Waals surface area contributed by atoms with Crippen LogP contribution in [0.4, 0.5) is 4.79 Å². The van der Waals surface area contributed by atoms with E-state index in [1.54, 1.807) is 26.0 Å². The number of Topliss-reactive ketones (excluding diaryl/α,β-unsaturated/α-hetero) is 2. The lowest BCUT2D eigenvalue weighted by Gasteiger charge is -2.63. The van der Waals surface area contributed by atoms with E-state index in [0.717, 1.165) is 5.57 Å². The van der Waals surface area contributed by atoms with Crippen LogP contribution in [-0.4, -0.2) is 114 Å². The van der Waals surface area contributed by atoms with Crippen molar-refractivity contribution in [3.8, 4) is 0 Å². The van der Waals surface area contributed by atoms with Crippen LogP contribution in [0.1, 0.15) is 74.7 Å². The number of aliphatic hydroxyl groups excluding tert-OH is 5. The maximum Gasteiger partial charge on any atom is 0.319 e. The topological polar surface area (TPSA) is 235 Å². The van der Waals surface area contributed by atoms with Crippen molar-refractivity contribution in [1.29, 1.82) is 0 Å². The molecule has 2 aliphatic heterocycles. The van der Waals surface area contributed by atoms with Gasteiger partial charge in [-0.25, -0.2) is 4.79 Å². The van der Waals surface area contributed by atoms with Crippen molar-refractivity contribution in [3.05, 3.63) is 35.3 Å². The van der Waals surface area contributed by atoms with Gasteiger partial charge in [-0.15, -0.1) is 0 Å². The van der Waals surface area contributed by atoms with E-state index in [1.807, 2.05) is 26.8 Å². The van der Waals surface area contributed by atoms with E-state index >= 15 is 0 Å². The summed E-state index contributed by atoms with van der Waals surface area (Å²) in [4.78, 5) is 41.5. The van der Waals surface area contributed by atoms with Gasteiger partial charge in [-0.3, -0.25) is 9.59 Å². The third kappa shape index (κ3) is 5.30. The van der Waals surface area contributed by atoms with Gasteiger partial charge in [-0.1, -0.05) is 32.4 Å². The molecule has 0 aromatic heterocycles. The van der Waals surface area contributed by atoms with E-state index in [0.29, 0.717) is 6.42 Å². The highest BCUT2D eigenvalue weighted by molar-refractivity contribution is 6.02. The Morgan fingerprint density at radius 1 is 0.941 bits per heavy atom. The molecule has 0 aromatic rings. The van der Waals surface area contributed by atoms with Gasteiger partial charge in [0, 0.05) is 29.4 Å². The lowest BCUT2D eigenvalue weighted by Crippen LogP contribution is -2.65. The summed E-state index contributed by atoms with van der Waals surface area (Å²) in [6, 6.07) is -1.44. The Hall–Kier alpha value is -2.69. The summed E-state index contributed by atoms with van der Waals surface area (Å²) in [6.07, 6.45) is -3.26. The second kappa shape index (κ2) is 11.9. The van der Waals surface area contributed by atoms with E-state index in [9.17, 15) is 50.1 Å². The predicted octanol–water partition coefficient (Wildman–Crippen LogP) is 0.318. The first-order valence-corrected chi connectivity index (χ1v) is 17.8. The van der Waals surface area contributed by atoms with Gasteiger partial charge in [0.15, 0.2) is 5.76 Å². The van der Waals surface area contributed by atoms with Crippen LogP contribution in [0.15, 0.2) is 35.3 Å². The van der Waals surface area contributed by atoms with Crippen molar-refractivity contribution in [1.82, 2.24) is 10.6 Å². The average Bonchev–Trinajstić information content (AvgIpc) is 3.24. The molecule has 14 heteroatoms. The van der Waals surface area contributed by atoms with Crippen LogP contribution in [0.5, 0.6) is 0 Å².